The Balaban J connectivity index is 2.24. The van der Waals surface area contributed by atoms with Gasteiger partial charge in [0.25, 0.3) is 0 Å². The number of thiazole rings is 1. The highest BCUT2D eigenvalue weighted by Crippen LogP contribution is 2.15. The van der Waals surface area contributed by atoms with E-state index in [2.05, 4.69) is 24.1 Å². The van der Waals surface area contributed by atoms with E-state index in [1.165, 1.54) is 0 Å². The zero-order valence-electron chi connectivity index (χ0n) is 8.73. The lowest BCUT2D eigenvalue weighted by molar-refractivity contribution is 0.258. The van der Waals surface area contributed by atoms with Crippen molar-refractivity contribution < 1.29 is 5.11 Å². The van der Waals surface area contributed by atoms with E-state index in [0.717, 1.165) is 18.0 Å². The van der Waals surface area contributed by atoms with Gasteiger partial charge in [-0.15, -0.1) is 11.3 Å². The maximum atomic E-state index is 8.75. The Morgan fingerprint density at radius 2 is 2.36 bits per heavy atom. The molecule has 1 aromatic heterocycles. The number of nitrogens with zero attached hydrogens (tertiary/aromatic N) is 1. The standard InChI is InChI=1S/C10H18N2OS/c1-8(3-5-13)7-12-9(2)10-11-4-6-14-10/h4,6,8-9,12-13H,3,5,7H2,1-2H3. The summed E-state index contributed by atoms with van der Waals surface area (Å²) in [5.41, 5.74) is 0. The third kappa shape index (κ3) is 3.74. The van der Waals surface area contributed by atoms with Crippen LogP contribution in [0.25, 0.3) is 0 Å². The lowest BCUT2D eigenvalue weighted by atomic mass is 10.1. The molecule has 2 unspecified atom stereocenters. The van der Waals surface area contributed by atoms with Gasteiger partial charge in [-0.25, -0.2) is 4.98 Å². The topological polar surface area (TPSA) is 45.1 Å². The number of aromatic nitrogens is 1. The van der Waals surface area contributed by atoms with E-state index in [1.54, 1.807) is 11.3 Å². The highest BCUT2D eigenvalue weighted by Gasteiger charge is 2.08. The van der Waals surface area contributed by atoms with Gasteiger partial charge in [0.2, 0.25) is 0 Å². The van der Waals surface area contributed by atoms with Gasteiger partial charge in [-0.3, -0.25) is 0 Å². The summed E-state index contributed by atoms with van der Waals surface area (Å²) in [6.07, 6.45) is 2.69. The van der Waals surface area contributed by atoms with Crippen molar-refractivity contribution in [2.24, 2.45) is 5.92 Å². The molecule has 1 heterocycles. The van der Waals surface area contributed by atoms with Crippen LogP contribution in [0.3, 0.4) is 0 Å². The van der Waals surface area contributed by atoms with E-state index in [1.807, 2.05) is 11.6 Å². The van der Waals surface area contributed by atoms with Crippen molar-refractivity contribution in [1.82, 2.24) is 10.3 Å². The summed E-state index contributed by atoms with van der Waals surface area (Å²) in [5, 5.41) is 15.3. The van der Waals surface area contributed by atoms with Crippen molar-refractivity contribution in [2.75, 3.05) is 13.2 Å². The molecule has 0 aliphatic carbocycles. The van der Waals surface area contributed by atoms with Crippen molar-refractivity contribution in [1.29, 1.82) is 0 Å². The molecular formula is C10H18N2OS. The van der Waals surface area contributed by atoms with Crippen LogP contribution in [-0.2, 0) is 0 Å². The number of rotatable bonds is 6. The van der Waals surface area contributed by atoms with Crippen LogP contribution in [0.1, 0.15) is 31.3 Å². The Labute approximate surface area is 89.2 Å². The summed E-state index contributed by atoms with van der Waals surface area (Å²) in [6, 6.07) is 0.316. The average Bonchev–Trinajstić information content (AvgIpc) is 2.67. The molecule has 0 fully saturated rings. The molecule has 0 aliphatic heterocycles. The van der Waals surface area contributed by atoms with Crippen LogP contribution in [0.4, 0.5) is 0 Å². The van der Waals surface area contributed by atoms with Gasteiger partial charge in [0, 0.05) is 18.2 Å². The quantitative estimate of drug-likeness (QED) is 0.759. The molecule has 0 bridgehead atoms. The monoisotopic (exact) mass is 214 g/mol. The SMILES string of the molecule is CC(CCO)CNC(C)c1nccs1. The Bertz CT molecular complexity index is 238. The zero-order chi connectivity index (χ0) is 10.4. The minimum Gasteiger partial charge on any atom is -0.396 e. The molecule has 0 aliphatic rings. The number of aliphatic hydroxyl groups excluding tert-OH is 1. The molecule has 0 radical (unpaired) electrons. The van der Waals surface area contributed by atoms with E-state index in [4.69, 9.17) is 5.11 Å². The molecule has 0 spiro atoms. The van der Waals surface area contributed by atoms with Crippen molar-refractivity contribution in [3.63, 3.8) is 0 Å². The van der Waals surface area contributed by atoms with Crippen molar-refractivity contribution in [2.45, 2.75) is 26.3 Å². The van der Waals surface area contributed by atoms with Crippen molar-refractivity contribution in [3.05, 3.63) is 16.6 Å². The second-order valence-corrected chi connectivity index (χ2v) is 4.54. The summed E-state index contributed by atoms with van der Waals surface area (Å²) in [6.45, 7) is 5.46. The Hall–Kier alpha value is -0.450. The third-order valence-corrected chi connectivity index (χ3v) is 3.17. The van der Waals surface area contributed by atoms with Crippen LogP contribution in [0, 0.1) is 5.92 Å². The zero-order valence-corrected chi connectivity index (χ0v) is 9.55. The summed E-state index contributed by atoms with van der Waals surface area (Å²) in [4.78, 5) is 4.25. The highest BCUT2D eigenvalue weighted by molar-refractivity contribution is 7.09. The van der Waals surface area contributed by atoms with Crippen molar-refractivity contribution in [3.8, 4) is 0 Å². The highest BCUT2D eigenvalue weighted by atomic mass is 32.1. The maximum absolute atomic E-state index is 8.75. The molecule has 0 saturated carbocycles. The van der Waals surface area contributed by atoms with E-state index in [-0.39, 0.29) is 6.61 Å². The number of hydrogen-bond donors (Lipinski definition) is 2. The van der Waals surface area contributed by atoms with E-state index in [9.17, 15) is 0 Å². The largest absolute Gasteiger partial charge is 0.396 e. The smallest absolute Gasteiger partial charge is 0.109 e. The van der Waals surface area contributed by atoms with Gasteiger partial charge in [-0.1, -0.05) is 6.92 Å². The lowest BCUT2D eigenvalue weighted by Crippen LogP contribution is -2.24. The second-order valence-electron chi connectivity index (χ2n) is 3.62. The first-order valence-electron chi connectivity index (χ1n) is 4.97. The van der Waals surface area contributed by atoms with Crippen molar-refractivity contribution >= 4 is 11.3 Å². The third-order valence-electron chi connectivity index (χ3n) is 2.22. The van der Waals surface area contributed by atoms with Crippen LogP contribution in [0.15, 0.2) is 11.6 Å². The van der Waals surface area contributed by atoms with Gasteiger partial charge in [0.05, 0.1) is 6.04 Å². The van der Waals surface area contributed by atoms with Gasteiger partial charge in [-0.2, -0.15) is 0 Å². The lowest BCUT2D eigenvalue weighted by Gasteiger charge is -2.15. The molecule has 2 atom stereocenters. The summed E-state index contributed by atoms with van der Waals surface area (Å²) in [5.74, 6) is 0.516. The van der Waals surface area contributed by atoms with E-state index < -0.39 is 0 Å². The Kier molecular flexibility index (Phi) is 5.07. The fraction of sp³-hybridized carbons (Fsp3) is 0.700. The molecule has 1 rings (SSSR count). The first-order chi connectivity index (χ1) is 6.74. The maximum Gasteiger partial charge on any atom is 0.109 e. The first kappa shape index (κ1) is 11.6. The second kappa shape index (κ2) is 6.11. The average molecular weight is 214 g/mol. The first-order valence-corrected chi connectivity index (χ1v) is 5.85. The van der Waals surface area contributed by atoms with E-state index in [0.29, 0.717) is 12.0 Å². The molecule has 0 amide bonds. The Morgan fingerprint density at radius 1 is 1.57 bits per heavy atom. The van der Waals surface area contributed by atoms with Gasteiger partial charge < -0.3 is 10.4 Å². The minimum absolute atomic E-state index is 0.272. The molecule has 2 N–H and O–H groups in total. The molecule has 80 valence electrons. The molecule has 3 nitrogen and oxygen atoms in total. The fourth-order valence-electron chi connectivity index (χ4n) is 1.24. The summed E-state index contributed by atoms with van der Waals surface area (Å²) >= 11 is 1.67. The van der Waals surface area contributed by atoms with Gasteiger partial charge in [0.1, 0.15) is 5.01 Å². The van der Waals surface area contributed by atoms with Crippen LogP contribution < -0.4 is 5.32 Å². The minimum atomic E-state index is 0.272. The van der Waals surface area contributed by atoms with Gasteiger partial charge >= 0.3 is 0 Å². The van der Waals surface area contributed by atoms with Crippen LogP contribution in [-0.4, -0.2) is 23.2 Å². The molecule has 4 heteroatoms. The summed E-state index contributed by atoms with van der Waals surface area (Å²) in [7, 11) is 0. The van der Waals surface area contributed by atoms with Gasteiger partial charge in [-0.05, 0) is 25.8 Å². The molecule has 0 saturated heterocycles. The van der Waals surface area contributed by atoms with Crippen LogP contribution >= 0.6 is 11.3 Å². The molecule has 1 aromatic rings. The fourth-order valence-corrected chi connectivity index (χ4v) is 1.91. The molecule has 14 heavy (non-hydrogen) atoms. The van der Waals surface area contributed by atoms with Crippen LogP contribution in [0.5, 0.6) is 0 Å². The Morgan fingerprint density at radius 3 is 2.93 bits per heavy atom. The normalized spacial score (nSPS) is 15.4. The number of aliphatic hydroxyl groups is 1. The van der Waals surface area contributed by atoms with E-state index >= 15 is 0 Å². The molecular weight excluding hydrogens is 196 g/mol. The number of hydrogen-bond acceptors (Lipinski definition) is 4. The molecule has 0 aromatic carbocycles. The number of nitrogens with one attached hydrogen (secondary N) is 1. The van der Waals surface area contributed by atoms with Gasteiger partial charge in [0.15, 0.2) is 0 Å². The van der Waals surface area contributed by atoms with Crippen LogP contribution in [0.2, 0.25) is 0 Å². The summed E-state index contributed by atoms with van der Waals surface area (Å²) < 4.78 is 0. The predicted molar refractivity (Wildman–Crippen MR) is 59.4 cm³/mol. The predicted octanol–water partition coefficient (Wildman–Crippen LogP) is 1.81.